The van der Waals surface area contributed by atoms with E-state index in [2.05, 4.69) is 38.9 Å². The van der Waals surface area contributed by atoms with Gasteiger partial charge in [-0.25, -0.2) is 14.2 Å². The molecule has 1 N–H and O–H groups in total. The van der Waals surface area contributed by atoms with Crippen molar-refractivity contribution >= 4 is 23.5 Å². The van der Waals surface area contributed by atoms with Crippen molar-refractivity contribution in [3.05, 3.63) is 65.6 Å². The number of anilines is 3. The summed E-state index contributed by atoms with van der Waals surface area (Å²) in [6.45, 7) is 13.6. The van der Waals surface area contributed by atoms with Gasteiger partial charge in [-0.3, -0.25) is 14.7 Å². The molecule has 0 unspecified atom stereocenters. The topological polar surface area (TPSA) is 83.1 Å². The monoisotopic (exact) mass is 604 g/mol. The zero-order chi connectivity index (χ0) is 31.1. The van der Waals surface area contributed by atoms with Crippen LogP contribution in [0.5, 0.6) is 11.5 Å². The molecule has 1 aliphatic heterocycles. The van der Waals surface area contributed by atoms with Gasteiger partial charge in [-0.05, 0) is 69.9 Å². The summed E-state index contributed by atoms with van der Waals surface area (Å²) in [5.41, 5.74) is 2.27. The van der Waals surface area contributed by atoms with Crippen LogP contribution in [0.2, 0.25) is 0 Å². The van der Waals surface area contributed by atoms with E-state index in [-0.39, 0.29) is 17.7 Å². The molecule has 0 bridgehead atoms. The second-order valence-electron chi connectivity index (χ2n) is 12.1. The third-order valence-electron chi connectivity index (χ3n) is 8.61. The smallest absolute Gasteiger partial charge is 0.421 e. The van der Waals surface area contributed by atoms with E-state index in [0.29, 0.717) is 29.9 Å². The normalized spacial score (nSPS) is 16.6. The standard InChI is InChI=1S/C34H45FN6O3/c1-24(2)40-19-17-39(18-20-40)21-22-43-30-14-13-27(23-29(30)35)37-33-36-16-15-31(38-33)41(28-11-6-5-7-12-28)34(42)44-32-25(3)9-8-10-26(32)4/h8-10,13-16,23-24,28H,5-7,11-12,17-22H2,1-4H3,(H,36,37,38). The number of halogens is 1. The van der Waals surface area contributed by atoms with Crippen LogP contribution in [0.3, 0.4) is 0 Å². The molecular formula is C34H45FN6O3. The summed E-state index contributed by atoms with van der Waals surface area (Å²) in [6, 6.07) is 12.8. The van der Waals surface area contributed by atoms with Gasteiger partial charge in [-0.2, -0.15) is 4.98 Å². The molecule has 1 aromatic heterocycles. The van der Waals surface area contributed by atoms with Gasteiger partial charge in [0.15, 0.2) is 11.6 Å². The van der Waals surface area contributed by atoms with Gasteiger partial charge in [-0.15, -0.1) is 0 Å². The zero-order valence-corrected chi connectivity index (χ0v) is 26.4. The average Bonchev–Trinajstić information content (AvgIpc) is 3.01. The molecule has 1 saturated heterocycles. The molecule has 3 aromatic rings. The first kappa shape index (κ1) is 31.7. The molecule has 0 radical (unpaired) electrons. The molecule has 5 rings (SSSR count). The zero-order valence-electron chi connectivity index (χ0n) is 26.4. The summed E-state index contributed by atoms with van der Waals surface area (Å²) < 4.78 is 26.7. The van der Waals surface area contributed by atoms with Crippen molar-refractivity contribution in [2.24, 2.45) is 0 Å². The van der Waals surface area contributed by atoms with Crippen molar-refractivity contribution in [3.8, 4) is 11.5 Å². The Morgan fingerprint density at radius 3 is 2.45 bits per heavy atom. The Bertz CT molecular complexity index is 1390. The van der Waals surface area contributed by atoms with E-state index in [9.17, 15) is 9.18 Å². The van der Waals surface area contributed by atoms with Crippen LogP contribution in [0.25, 0.3) is 0 Å². The fourth-order valence-electron chi connectivity index (χ4n) is 6.02. The minimum atomic E-state index is -0.465. The van der Waals surface area contributed by atoms with Gasteiger partial charge < -0.3 is 14.8 Å². The summed E-state index contributed by atoms with van der Waals surface area (Å²) in [4.78, 5) is 29.1. The van der Waals surface area contributed by atoms with Crippen molar-refractivity contribution in [1.82, 2.24) is 19.8 Å². The number of rotatable bonds is 10. The maximum atomic E-state index is 15.0. The Labute approximate surface area is 260 Å². The van der Waals surface area contributed by atoms with Crippen LogP contribution >= 0.6 is 0 Å². The first-order valence-electron chi connectivity index (χ1n) is 15.8. The summed E-state index contributed by atoms with van der Waals surface area (Å²) in [5.74, 6) is 1.02. The molecule has 236 valence electrons. The number of nitrogens with one attached hydrogen (secondary N) is 1. The number of carbonyl (C=O) groups is 1. The Hall–Kier alpha value is -3.76. The summed E-state index contributed by atoms with van der Waals surface area (Å²) in [6.07, 6.45) is 6.10. The lowest BCUT2D eigenvalue weighted by Gasteiger charge is -2.36. The molecule has 10 heteroatoms. The number of ether oxygens (including phenoxy) is 2. The van der Waals surface area contributed by atoms with E-state index in [1.165, 1.54) is 6.07 Å². The number of para-hydroxylation sites is 1. The number of hydrogen-bond acceptors (Lipinski definition) is 8. The number of benzene rings is 2. The Morgan fingerprint density at radius 2 is 1.77 bits per heavy atom. The fourth-order valence-corrected chi connectivity index (χ4v) is 6.02. The van der Waals surface area contributed by atoms with Crippen molar-refractivity contribution < 1.29 is 18.7 Å². The number of hydrogen-bond donors (Lipinski definition) is 1. The summed E-state index contributed by atoms with van der Waals surface area (Å²) in [5, 5.41) is 3.09. The molecule has 2 aliphatic rings. The molecule has 2 fully saturated rings. The van der Waals surface area contributed by atoms with Crippen LogP contribution in [0.1, 0.15) is 57.1 Å². The number of amides is 1. The quantitative estimate of drug-likeness (QED) is 0.273. The second kappa shape index (κ2) is 14.8. The van der Waals surface area contributed by atoms with Gasteiger partial charge in [0.2, 0.25) is 5.95 Å². The van der Waals surface area contributed by atoms with Crippen molar-refractivity contribution in [2.45, 2.75) is 71.9 Å². The lowest BCUT2D eigenvalue weighted by Crippen LogP contribution is -2.49. The third kappa shape index (κ3) is 8.04. The van der Waals surface area contributed by atoms with Gasteiger partial charge >= 0.3 is 6.09 Å². The summed E-state index contributed by atoms with van der Waals surface area (Å²) in [7, 11) is 0. The number of aromatic nitrogens is 2. The molecule has 0 spiro atoms. The second-order valence-corrected chi connectivity index (χ2v) is 12.1. The number of carbonyl (C=O) groups excluding carboxylic acids is 1. The molecule has 1 amide bonds. The highest BCUT2D eigenvalue weighted by molar-refractivity contribution is 5.89. The predicted octanol–water partition coefficient (Wildman–Crippen LogP) is 6.72. The van der Waals surface area contributed by atoms with Gasteiger partial charge in [0, 0.05) is 62.8 Å². The van der Waals surface area contributed by atoms with Crippen LogP contribution in [0, 0.1) is 19.7 Å². The molecular weight excluding hydrogens is 559 g/mol. The van der Waals surface area contributed by atoms with E-state index in [1.807, 2.05) is 32.0 Å². The lowest BCUT2D eigenvalue weighted by molar-refractivity contribution is 0.0965. The number of piperazine rings is 1. The Balaban J connectivity index is 1.24. The maximum Gasteiger partial charge on any atom is 0.421 e. The predicted molar refractivity (Wildman–Crippen MR) is 172 cm³/mol. The largest absolute Gasteiger partial charge is 0.489 e. The van der Waals surface area contributed by atoms with E-state index in [1.54, 1.807) is 29.3 Å². The van der Waals surface area contributed by atoms with Crippen LogP contribution in [-0.4, -0.2) is 77.3 Å². The maximum absolute atomic E-state index is 15.0. The van der Waals surface area contributed by atoms with E-state index >= 15 is 0 Å². The van der Waals surface area contributed by atoms with Gasteiger partial charge in [-0.1, -0.05) is 37.5 Å². The summed E-state index contributed by atoms with van der Waals surface area (Å²) >= 11 is 0. The first-order valence-corrected chi connectivity index (χ1v) is 15.8. The SMILES string of the molecule is Cc1cccc(C)c1OC(=O)N(c1ccnc(Nc2ccc(OCCN3CCN(C(C)C)CC3)c(F)c2)n1)C1CCCCC1. The lowest BCUT2D eigenvalue weighted by atomic mass is 9.94. The highest BCUT2D eigenvalue weighted by Gasteiger charge is 2.30. The van der Waals surface area contributed by atoms with Crippen molar-refractivity contribution in [2.75, 3.05) is 49.5 Å². The molecule has 1 aliphatic carbocycles. The van der Waals surface area contributed by atoms with Gasteiger partial charge in [0.05, 0.1) is 0 Å². The molecule has 2 heterocycles. The van der Waals surface area contributed by atoms with Crippen LogP contribution in [-0.2, 0) is 0 Å². The highest BCUT2D eigenvalue weighted by atomic mass is 19.1. The first-order chi connectivity index (χ1) is 21.3. The molecule has 1 saturated carbocycles. The van der Waals surface area contributed by atoms with E-state index < -0.39 is 11.9 Å². The van der Waals surface area contributed by atoms with Crippen molar-refractivity contribution in [3.63, 3.8) is 0 Å². The molecule has 0 atom stereocenters. The average molecular weight is 605 g/mol. The van der Waals surface area contributed by atoms with Gasteiger partial charge in [0.1, 0.15) is 18.2 Å². The fraction of sp³-hybridized carbons (Fsp3) is 0.500. The van der Waals surface area contributed by atoms with Crippen molar-refractivity contribution in [1.29, 1.82) is 0 Å². The molecule has 9 nitrogen and oxygen atoms in total. The van der Waals surface area contributed by atoms with Crippen LogP contribution < -0.4 is 19.7 Å². The number of aryl methyl sites for hydroxylation is 2. The Morgan fingerprint density at radius 1 is 1.05 bits per heavy atom. The molecule has 2 aromatic carbocycles. The highest BCUT2D eigenvalue weighted by Crippen LogP contribution is 2.30. The third-order valence-corrected chi connectivity index (χ3v) is 8.61. The minimum Gasteiger partial charge on any atom is -0.489 e. The van der Waals surface area contributed by atoms with Gasteiger partial charge in [0.25, 0.3) is 0 Å². The van der Waals surface area contributed by atoms with E-state index in [4.69, 9.17) is 9.47 Å². The minimum absolute atomic E-state index is 0.0312. The van der Waals surface area contributed by atoms with Crippen LogP contribution in [0.15, 0.2) is 48.7 Å². The Kier molecular flexibility index (Phi) is 10.7. The van der Waals surface area contributed by atoms with Crippen LogP contribution in [0.4, 0.5) is 26.6 Å². The van der Waals surface area contributed by atoms with E-state index in [0.717, 1.165) is 76.0 Å². The number of nitrogens with zero attached hydrogens (tertiary/aromatic N) is 5. The molecule has 44 heavy (non-hydrogen) atoms.